The van der Waals surface area contributed by atoms with Crippen LogP contribution >= 0.6 is 22.7 Å². The van der Waals surface area contributed by atoms with Crippen LogP contribution in [0, 0.1) is 5.92 Å². The molecule has 5 nitrogen and oxygen atoms in total. The molecule has 0 radical (unpaired) electrons. The Morgan fingerprint density at radius 1 is 1.16 bits per heavy atom. The zero-order chi connectivity index (χ0) is 18.0. The van der Waals surface area contributed by atoms with Crippen molar-refractivity contribution in [3.05, 3.63) is 46.7 Å². The van der Waals surface area contributed by atoms with E-state index < -0.39 is 6.04 Å². The predicted molar refractivity (Wildman–Crippen MR) is 103 cm³/mol. The van der Waals surface area contributed by atoms with E-state index in [1.165, 1.54) is 27.6 Å². The number of amides is 2. The number of hydrogen-bond acceptors (Lipinski definition) is 5. The van der Waals surface area contributed by atoms with Crippen LogP contribution in [-0.2, 0) is 4.79 Å². The van der Waals surface area contributed by atoms with Crippen molar-refractivity contribution in [2.24, 2.45) is 5.92 Å². The molecule has 0 aliphatic heterocycles. The van der Waals surface area contributed by atoms with Crippen molar-refractivity contribution in [2.75, 3.05) is 11.9 Å². The molecule has 1 N–H and O–H groups in total. The second-order valence-electron chi connectivity index (χ2n) is 6.03. The van der Waals surface area contributed by atoms with Crippen molar-refractivity contribution in [3.63, 3.8) is 0 Å². The molecule has 0 saturated heterocycles. The molecule has 130 valence electrons. The Bertz CT molecular complexity index is 854. The molecule has 0 saturated carbocycles. The molecule has 7 heteroatoms. The number of likely N-dealkylation sites (N-methyl/N-ethyl adjacent to an activating group) is 1. The lowest BCUT2D eigenvalue weighted by molar-refractivity contribution is -0.121. The molecular weight excluding hydrogens is 354 g/mol. The van der Waals surface area contributed by atoms with Crippen molar-refractivity contribution in [2.45, 2.75) is 19.9 Å². The number of fused-ring (bicyclic) bond motifs is 1. The number of para-hydroxylation sites is 1. The number of nitrogens with zero attached hydrogens (tertiary/aromatic N) is 2. The number of anilines is 1. The lowest BCUT2D eigenvalue weighted by Crippen LogP contribution is -2.50. The number of carbonyl (C=O) groups excluding carboxylic acids is 2. The highest BCUT2D eigenvalue weighted by molar-refractivity contribution is 7.22. The van der Waals surface area contributed by atoms with Crippen LogP contribution in [-0.4, -0.2) is 29.9 Å². The van der Waals surface area contributed by atoms with Crippen LogP contribution in [0.1, 0.15) is 23.5 Å². The maximum absolute atomic E-state index is 12.9. The van der Waals surface area contributed by atoms with E-state index in [0.29, 0.717) is 10.0 Å². The van der Waals surface area contributed by atoms with Crippen molar-refractivity contribution >= 4 is 49.8 Å². The van der Waals surface area contributed by atoms with Crippen LogP contribution in [0.4, 0.5) is 5.13 Å². The van der Waals surface area contributed by atoms with Crippen LogP contribution in [0.25, 0.3) is 10.2 Å². The average molecular weight is 374 g/mol. The molecule has 1 atom stereocenters. The van der Waals surface area contributed by atoms with Gasteiger partial charge in [-0.15, -0.1) is 11.3 Å². The normalized spacial score (nSPS) is 12.3. The Balaban J connectivity index is 1.80. The first-order chi connectivity index (χ1) is 12.0. The van der Waals surface area contributed by atoms with E-state index in [2.05, 4.69) is 10.3 Å². The van der Waals surface area contributed by atoms with Crippen LogP contribution < -0.4 is 10.2 Å². The summed E-state index contributed by atoms with van der Waals surface area (Å²) >= 11 is 2.82. The minimum Gasteiger partial charge on any atom is -0.339 e. The van der Waals surface area contributed by atoms with Gasteiger partial charge in [-0.2, -0.15) is 0 Å². The number of carbonyl (C=O) groups is 2. The number of aromatic nitrogens is 1. The summed E-state index contributed by atoms with van der Waals surface area (Å²) in [5, 5.41) is 5.33. The topological polar surface area (TPSA) is 62.3 Å². The highest BCUT2D eigenvalue weighted by Gasteiger charge is 2.29. The summed E-state index contributed by atoms with van der Waals surface area (Å²) in [6.07, 6.45) is 0. The molecule has 0 spiro atoms. The van der Waals surface area contributed by atoms with Gasteiger partial charge in [-0.3, -0.25) is 14.5 Å². The summed E-state index contributed by atoms with van der Waals surface area (Å²) in [6.45, 7) is 3.84. The van der Waals surface area contributed by atoms with E-state index >= 15 is 0 Å². The molecule has 0 aliphatic carbocycles. The number of thiophene rings is 1. The van der Waals surface area contributed by atoms with Crippen molar-refractivity contribution in [3.8, 4) is 0 Å². The molecule has 2 amide bonds. The first-order valence-corrected chi connectivity index (χ1v) is 9.64. The summed E-state index contributed by atoms with van der Waals surface area (Å²) in [6, 6.07) is 10.7. The zero-order valence-electron chi connectivity index (χ0n) is 14.2. The SMILES string of the molecule is CC(C)C(NC(=O)c1cccs1)C(=O)N(C)c1nc2ccccc2s1. The van der Waals surface area contributed by atoms with E-state index in [1.54, 1.807) is 13.1 Å². The summed E-state index contributed by atoms with van der Waals surface area (Å²) in [5.41, 5.74) is 0.867. The molecule has 1 aromatic carbocycles. The van der Waals surface area contributed by atoms with Gasteiger partial charge in [0.1, 0.15) is 6.04 Å². The van der Waals surface area contributed by atoms with Gasteiger partial charge in [0, 0.05) is 7.05 Å². The summed E-state index contributed by atoms with van der Waals surface area (Å²) in [4.78, 5) is 31.9. The third-order valence-corrected chi connectivity index (χ3v) is 5.85. The molecular formula is C18H19N3O2S2. The average Bonchev–Trinajstić information content (AvgIpc) is 3.26. The minimum atomic E-state index is -0.605. The van der Waals surface area contributed by atoms with Crippen molar-refractivity contribution < 1.29 is 9.59 Å². The number of nitrogens with one attached hydrogen (secondary N) is 1. The van der Waals surface area contributed by atoms with Gasteiger partial charge in [0.25, 0.3) is 11.8 Å². The minimum absolute atomic E-state index is 0.0340. The third kappa shape index (κ3) is 3.72. The lowest BCUT2D eigenvalue weighted by atomic mass is 10.0. The summed E-state index contributed by atoms with van der Waals surface area (Å²) in [7, 11) is 1.70. The van der Waals surface area contributed by atoms with Gasteiger partial charge in [0.05, 0.1) is 15.1 Å². The molecule has 0 aliphatic rings. The smallest absolute Gasteiger partial charge is 0.262 e. The highest BCUT2D eigenvalue weighted by Crippen LogP contribution is 2.28. The fourth-order valence-corrected chi connectivity index (χ4v) is 4.00. The summed E-state index contributed by atoms with van der Waals surface area (Å²) < 4.78 is 1.03. The Morgan fingerprint density at radius 3 is 2.56 bits per heavy atom. The van der Waals surface area contributed by atoms with Crippen LogP contribution in [0.3, 0.4) is 0 Å². The van der Waals surface area contributed by atoms with Crippen LogP contribution in [0.2, 0.25) is 0 Å². The van der Waals surface area contributed by atoms with Gasteiger partial charge in [-0.1, -0.05) is 43.4 Å². The van der Waals surface area contributed by atoms with Gasteiger partial charge in [-0.25, -0.2) is 4.98 Å². The number of benzene rings is 1. The van der Waals surface area contributed by atoms with Gasteiger partial charge in [0.15, 0.2) is 5.13 Å². The van der Waals surface area contributed by atoms with E-state index in [4.69, 9.17) is 0 Å². The Morgan fingerprint density at radius 2 is 1.92 bits per heavy atom. The van der Waals surface area contributed by atoms with Gasteiger partial charge >= 0.3 is 0 Å². The second-order valence-corrected chi connectivity index (χ2v) is 7.99. The predicted octanol–water partition coefficient (Wildman–Crippen LogP) is 3.78. The molecule has 2 heterocycles. The standard InChI is InChI=1S/C18H19N3O2S2/c1-11(2)15(20-16(22)14-9-6-10-24-14)17(23)21(3)18-19-12-7-4-5-8-13(12)25-18/h4-11,15H,1-3H3,(H,20,22). The fourth-order valence-electron chi connectivity index (χ4n) is 2.44. The first kappa shape index (κ1) is 17.6. The number of rotatable bonds is 5. The second kappa shape index (κ2) is 7.33. The quantitative estimate of drug-likeness (QED) is 0.740. The largest absolute Gasteiger partial charge is 0.339 e. The highest BCUT2D eigenvalue weighted by atomic mass is 32.1. The van der Waals surface area contributed by atoms with Crippen LogP contribution in [0.5, 0.6) is 0 Å². The molecule has 3 aromatic rings. The Hall–Kier alpha value is -2.25. The Labute approximate surface area is 154 Å². The van der Waals surface area contributed by atoms with E-state index in [-0.39, 0.29) is 17.7 Å². The fraction of sp³-hybridized carbons (Fsp3) is 0.278. The lowest BCUT2D eigenvalue weighted by Gasteiger charge is -2.25. The first-order valence-electron chi connectivity index (χ1n) is 7.95. The van der Waals surface area contributed by atoms with Gasteiger partial charge in [-0.05, 0) is 29.5 Å². The zero-order valence-corrected chi connectivity index (χ0v) is 15.9. The van der Waals surface area contributed by atoms with Gasteiger partial charge < -0.3 is 5.32 Å². The molecule has 3 rings (SSSR count). The third-order valence-electron chi connectivity index (χ3n) is 3.86. The van der Waals surface area contributed by atoms with Gasteiger partial charge in [0.2, 0.25) is 0 Å². The molecule has 2 aromatic heterocycles. The molecule has 1 unspecified atom stereocenters. The maximum Gasteiger partial charge on any atom is 0.262 e. The number of hydrogen-bond donors (Lipinski definition) is 1. The Kier molecular flexibility index (Phi) is 5.15. The van der Waals surface area contributed by atoms with E-state index in [9.17, 15) is 9.59 Å². The monoisotopic (exact) mass is 373 g/mol. The van der Waals surface area contributed by atoms with E-state index in [0.717, 1.165) is 10.2 Å². The number of thiazole rings is 1. The molecule has 0 bridgehead atoms. The molecule has 0 fully saturated rings. The van der Waals surface area contributed by atoms with Crippen LogP contribution in [0.15, 0.2) is 41.8 Å². The van der Waals surface area contributed by atoms with E-state index in [1.807, 2.05) is 49.6 Å². The summed E-state index contributed by atoms with van der Waals surface area (Å²) in [5.74, 6) is -0.424. The van der Waals surface area contributed by atoms with Crippen molar-refractivity contribution in [1.82, 2.24) is 10.3 Å². The maximum atomic E-state index is 12.9. The van der Waals surface area contributed by atoms with Crippen molar-refractivity contribution in [1.29, 1.82) is 0 Å². The molecule has 25 heavy (non-hydrogen) atoms.